The van der Waals surface area contributed by atoms with Crippen molar-refractivity contribution in [1.82, 2.24) is 0 Å². The summed E-state index contributed by atoms with van der Waals surface area (Å²) in [4.78, 5) is 9.23. The molecule has 0 saturated carbocycles. The van der Waals surface area contributed by atoms with Crippen LogP contribution in [0, 0.1) is 5.92 Å². The van der Waals surface area contributed by atoms with E-state index in [4.69, 9.17) is 0 Å². The second-order valence-corrected chi connectivity index (χ2v) is 3.96. The van der Waals surface area contributed by atoms with E-state index in [1.54, 1.807) is 0 Å². The lowest BCUT2D eigenvalue weighted by Gasteiger charge is -2.21. The van der Waals surface area contributed by atoms with E-state index in [9.17, 15) is 0 Å². The molecule has 1 aliphatic rings. The van der Waals surface area contributed by atoms with Crippen molar-refractivity contribution in [3.63, 3.8) is 0 Å². The highest BCUT2D eigenvalue weighted by Crippen LogP contribution is 2.22. The molecular weight excluding hydrogens is 160 g/mol. The Kier molecular flexibility index (Phi) is 1.72. The molecule has 0 atom stereocenters. The number of hydrogen-bond donors (Lipinski definition) is 0. The topological polar surface area (TPSA) is 24.7 Å². The van der Waals surface area contributed by atoms with Gasteiger partial charge in [0.15, 0.2) is 5.66 Å². The minimum atomic E-state index is -0.246. The molecule has 0 bridgehead atoms. The molecule has 1 aromatic rings. The van der Waals surface area contributed by atoms with E-state index in [0.717, 1.165) is 10.7 Å². The van der Waals surface area contributed by atoms with Crippen molar-refractivity contribution < 1.29 is 0 Å². The predicted molar refractivity (Wildman–Crippen MR) is 52.0 cm³/mol. The zero-order chi connectivity index (χ0) is 9.47. The Morgan fingerprint density at radius 3 is 1.92 bits per heavy atom. The van der Waals surface area contributed by atoms with Gasteiger partial charge in [0.1, 0.15) is 0 Å². The van der Waals surface area contributed by atoms with Gasteiger partial charge in [0.2, 0.25) is 0 Å². The molecule has 1 aromatic carbocycles. The molecule has 2 heteroatoms. The summed E-state index contributed by atoms with van der Waals surface area (Å²) >= 11 is 0. The molecule has 2 nitrogen and oxygen atoms in total. The maximum absolute atomic E-state index is 4.62. The highest BCUT2D eigenvalue weighted by molar-refractivity contribution is 5.07. The van der Waals surface area contributed by atoms with E-state index in [2.05, 4.69) is 30.8 Å². The monoisotopic (exact) mass is 174 g/mol. The minimum Gasteiger partial charge on any atom is -0.253 e. The van der Waals surface area contributed by atoms with Gasteiger partial charge in [-0.3, -0.25) is 9.98 Å². The lowest BCUT2D eigenvalue weighted by Crippen LogP contribution is -2.25. The van der Waals surface area contributed by atoms with Crippen LogP contribution in [0.5, 0.6) is 0 Å². The van der Waals surface area contributed by atoms with Crippen LogP contribution >= 0.6 is 0 Å². The standard InChI is InChI=1S/C11H14N2/c1-8(2)11(3)12-9-6-4-5-7-10(9)13-11/h4-8H,1-3H3. The number of hydrogen-bond acceptors (Lipinski definition) is 2. The van der Waals surface area contributed by atoms with Crippen molar-refractivity contribution >= 4 is 0 Å². The first-order chi connectivity index (χ1) is 6.12. The Labute approximate surface area is 78.0 Å². The number of rotatable bonds is 1. The van der Waals surface area contributed by atoms with Gasteiger partial charge in [0.25, 0.3) is 0 Å². The molecule has 0 unspecified atom stereocenters. The van der Waals surface area contributed by atoms with Crippen LogP contribution in [0.4, 0.5) is 0 Å². The van der Waals surface area contributed by atoms with Crippen LogP contribution in [0.1, 0.15) is 20.8 Å². The van der Waals surface area contributed by atoms with Crippen LogP contribution in [-0.2, 0) is 0 Å². The maximum Gasteiger partial charge on any atom is 0.151 e. The van der Waals surface area contributed by atoms with E-state index in [-0.39, 0.29) is 5.66 Å². The van der Waals surface area contributed by atoms with Crippen LogP contribution in [0.25, 0.3) is 0 Å². The zero-order valence-electron chi connectivity index (χ0n) is 8.28. The molecule has 0 aromatic heterocycles. The summed E-state index contributed by atoms with van der Waals surface area (Å²) in [5, 5.41) is 2.05. The smallest absolute Gasteiger partial charge is 0.151 e. The van der Waals surface area contributed by atoms with Crippen LogP contribution in [0.3, 0.4) is 0 Å². The summed E-state index contributed by atoms with van der Waals surface area (Å²) in [5.74, 6) is 0.444. The molecule has 1 heterocycles. The normalized spacial score (nSPS) is 17.8. The van der Waals surface area contributed by atoms with Crippen LogP contribution in [0.2, 0.25) is 0 Å². The second-order valence-electron chi connectivity index (χ2n) is 3.96. The van der Waals surface area contributed by atoms with Gasteiger partial charge in [-0.1, -0.05) is 26.0 Å². The Bertz CT molecular complexity index is 397. The molecule has 1 aliphatic heterocycles. The van der Waals surface area contributed by atoms with E-state index < -0.39 is 0 Å². The van der Waals surface area contributed by atoms with Crippen molar-refractivity contribution in [2.75, 3.05) is 0 Å². The van der Waals surface area contributed by atoms with Gasteiger partial charge in [-0.05, 0) is 25.0 Å². The summed E-state index contributed by atoms with van der Waals surface area (Å²) in [6.45, 7) is 6.38. The highest BCUT2D eigenvalue weighted by atomic mass is 15.1. The quantitative estimate of drug-likeness (QED) is 0.613. The van der Waals surface area contributed by atoms with Gasteiger partial charge < -0.3 is 0 Å². The summed E-state index contributed by atoms with van der Waals surface area (Å²) in [7, 11) is 0. The number of para-hydroxylation sites is 2. The van der Waals surface area contributed by atoms with E-state index in [1.165, 1.54) is 0 Å². The Morgan fingerprint density at radius 1 is 1.08 bits per heavy atom. The number of benzene rings is 1. The SMILES string of the molecule is CC(C)C1(C)N=c2ccccc2=N1. The fourth-order valence-corrected chi connectivity index (χ4v) is 1.42. The van der Waals surface area contributed by atoms with E-state index >= 15 is 0 Å². The van der Waals surface area contributed by atoms with E-state index in [1.807, 2.05) is 24.3 Å². The predicted octanol–water partition coefficient (Wildman–Crippen LogP) is 1.31. The van der Waals surface area contributed by atoms with Crippen molar-refractivity contribution in [3.05, 3.63) is 35.0 Å². The molecule has 0 saturated heterocycles. The van der Waals surface area contributed by atoms with Gasteiger partial charge in [-0.2, -0.15) is 0 Å². The largest absolute Gasteiger partial charge is 0.253 e. The summed E-state index contributed by atoms with van der Waals surface area (Å²) in [6, 6.07) is 8.05. The fourth-order valence-electron chi connectivity index (χ4n) is 1.42. The van der Waals surface area contributed by atoms with Crippen molar-refractivity contribution in [2.24, 2.45) is 15.9 Å². The van der Waals surface area contributed by atoms with Gasteiger partial charge >= 0.3 is 0 Å². The first-order valence-electron chi connectivity index (χ1n) is 4.67. The van der Waals surface area contributed by atoms with Gasteiger partial charge in [-0.25, -0.2) is 0 Å². The molecule has 2 rings (SSSR count). The first-order valence-corrected chi connectivity index (χ1v) is 4.67. The van der Waals surface area contributed by atoms with E-state index in [0.29, 0.717) is 5.92 Å². The number of fused-ring (bicyclic) bond motifs is 1. The first kappa shape index (κ1) is 8.42. The third-order valence-corrected chi connectivity index (χ3v) is 2.67. The molecule has 0 spiro atoms. The van der Waals surface area contributed by atoms with Gasteiger partial charge in [0, 0.05) is 0 Å². The molecular formula is C11H14N2. The van der Waals surface area contributed by atoms with Crippen molar-refractivity contribution in [2.45, 2.75) is 26.4 Å². The molecule has 0 amide bonds. The molecule has 0 aliphatic carbocycles. The van der Waals surface area contributed by atoms with Gasteiger partial charge in [0.05, 0.1) is 10.7 Å². The molecule has 13 heavy (non-hydrogen) atoms. The second kappa shape index (κ2) is 2.66. The molecule has 0 N–H and O–H groups in total. The Hall–Kier alpha value is -1.18. The van der Waals surface area contributed by atoms with Crippen molar-refractivity contribution in [3.8, 4) is 0 Å². The minimum absolute atomic E-state index is 0.246. The highest BCUT2D eigenvalue weighted by Gasteiger charge is 2.28. The maximum atomic E-state index is 4.62. The van der Waals surface area contributed by atoms with Crippen LogP contribution < -0.4 is 10.7 Å². The summed E-state index contributed by atoms with van der Waals surface area (Å²) in [6.07, 6.45) is 0. The molecule has 68 valence electrons. The lowest BCUT2D eigenvalue weighted by molar-refractivity contribution is 0.356. The lowest BCUT2D eigenvalue weighted by atomic mass is 10.0. The average Bonchev–Trinajstić information content (AvgIpc) is 2.42. The number of nitrogens with zero attached hydrogens (tertiary/aromatic N) is 2. The third kappa shape index (κ3) is 1.26. The van der Waals surface area contributed by atoms with Gasteiger partial charge in [-0.15, -0.1) is 0 Å². The molecule has 0 fully saturated rings. The Balaban J connectivity index is 2.63. The summed E-state index contributed by atoms with van der Waals surface area (Å²) in [5.41, 5.74) is -0.246. The van der Waals surface area contributed by atoms with Crippen LogP contribution in [0.15, 0.2) is 34.3 Å². The molecule has 0 radical (unpaired) electrons. The van der Waals surface area contributed by atoms with Crippen LogP contribution in [-0.4, -0.2) is 5.66 Å². The van der Waals surface area contributed by atoms with Crippen molar-refractivity contribution in [1.29, 1.82) is 0 Å². The summed E-state index contributed by atoms with van der Waals surface area (Å²) < 4.78 is 0. The Morgan fingerprint density at radius 2 is 1.54 bits per heavy atom. The zero-order valence-corrected chi connectivity index (χ0v) is 8.28. The average molecular weight is 174 g/mol. The fraction of sp³-hybridized carbons (Fsp3) is 0.455. The third-order valence-electron chi connectivity index (χ3n) is 2.67.